The highest BCUT2D eigenvalue weighted by atomic mass is 79.9. The van der Waals surface area contributed by atoms with Crippen molar-refractivity contribution >= 4 is 33.2 Å². The normalized spacial score (nSPS) is 11.6. The zero-order valence-electron chi connectivity index (χ0n) is 12.7. The molecule has 0 aliphatic carbocycles. The number of hydrogen-bond acceptors (Lipinski definition) is 3. The number of halogens is 2. The first-order valence-corrected chi connectivity index (χ1v) is 8.41. The van der Waals surface area contributed by atoms with Gasteiger partial charge in [-0.2, -0.15) is 0 Å². The number of rotatable bonds is 4. The van der Waals surface area contributed by atoms with E-state index in [-0.39, 0.29) is 5.82 Å². The molecule has 0 radical (unpaired) electrons. The van der Waals surface area contributed by atoms with E-state index >= 15 is 0 Å². The lowest BCUT2D eigenvalue weighted by Crippen LogP contribution is -2.36. The first-order chi connectivity index (χ1) is 10.5. The maximum atomic E-state index is 13.3. The van der Waals surface area contributed by atoms with Crippen molar-refractivity contribution in [3.05, 3.63) is 49.6 Å². The van der Waals surface area contributed by atoms with Crippen LogP contribution >= 0.6 is 27.3 Å². The summed E-state index contributed by atoms with van der Waals surface area (Å²) in [5.74, 6) is 0.413. The smallest absolute Gasteiger partial charge is 0.191 e. The summed E-state index contributed by atoms with van der Waals surface area (Å²) in [7, 11) is 1.71. The first kappa shape index (κ1) is 16.9. The molecule has 0 fully saturated rings. The van der Waals surface area contributed by atoms with Crippen LogP contribution in [0.3, 0.4) is 0 Å². The second-order valence-corrected chi connectivity index (χ2v) is 7.00. The van der Waals surface area contributed by atoms with Crippen LogP contribution in [-0.4, -0.2) is 18.0 Å². The third kappa shape index (κ3) is 4.78. The van der Waals surface area contributed by atoms with Crippen molar-refractivity contribution in [2.45, 2.75) is 26.9 Å². The number of nitrogens with zero attached hydrogens (tertiary/aromatic N) is 2. The van der Waals surface area contributed by atoms with Crippen molar-refractivity contribution in [1.29, 1.82) is 0 Å². The Morgan fingerprint density at radius 1 is 1.27 bits per heavy atom. The molecule has 0 bridgehead atoms. The lowest BCUT2D eigenvalue weighted by molar-refractivity contribution is 0.623. The molecular formula is C15H18BrFN4S. The van der Waals surface area contributed by atoms with Crippen LogP contribution in [-0.2, 0) is 13.1 Å². The standard InChI is InChI=1S/C15H18BrFN4S/c1-9-14(22-10(2)21-9)8-20-15(18-3)19-7-11-4-12(16)6-13(17)5-11/h4-6H,7-8H2,1-3H3,(H2,18,19,20). The molecule has 22 heavy (non-hydrogen) atoms. The molecule has 4 nitrogen and oxygen atoms in total. The maximum Gasteiger partial charge on any atom is 0.191 e. The number of thiazole rings is 1. The van der Waals surface area contributed by atoms with Gasteiger partial charge in [-0.05, 0) is 37.6 Å². The average Bonchev–Trinajstić information content (AvgIpc) is 2.76. The molecule has 7 heteroatoms. The van der Waals surface area contributed by atoms with Crippen LogP contribution < -0.4 is 10.6 Å². The predicted octanol–water partition coefficient (Wildman–Crippen LogP) is 3.53. The fourth-order valence-corrected chi connectivity index (χ4v) is 3.41. The fourth-order valence-electron chi connectivity index (χ4n) is 2.02. The van der Waals surface area contributed by atoms with Crippen LogP contribution in [0, 0.1) is 19.7 Å². The number of hydrogen-bond donors (Lipinski definition) is 2. The highest BCUT2D eigenvalue weighted by Gasteiger charge is 2.06. The Kier molecular flexibility index (Phi) is 5.90. The Labute approximate surface area is 142 Å². The van der Waals surface area contributed by atoms with Crippen molar-refractivity contribution in [2.24, 2.45) is 4.99 Å². The van der Waals surface area contributed by atoms with Gasteiger partial charge in [-0.15, -0.1) is 11.3 Å². The second-order valence-electron chi connectivity index (χ2n) is 4.80. The summed E-state index contributed by atoms with van der Waals surface area (Å²) >= 11 is 4.96. The van der Waals surface area contributed by atoms with Crippen molar-refractivity contribution in [1.82, 2.24) is 15.6 Å². The number of guanidine groups is 1. The lowest BCUT2D eigenvalue weighted by Gasteiger charge is -2.12. The third-order valence-electron chi connectivity index (χ3n) is 3.02. The van der Waals surface area contributed by atoms with Gasteiger partial charge in [-0.25, -0.2) is 9.37 Å². The van der Waals surface area contributed by atoms with E-state index in [1.54, 1.807) is 18.4 Å². The van der Waals surface area contributed by atoms with Crippen molar-refractivity contribution in [3.8, 4) is 0 Å². The number of aryl methyl sites for hydroxylation is 2. The summed E-state index contributed by atoms with van der Waals surface area (Å²) in [6, 6.07) is 4.81. The van der Waals surface area contributed by atoms with Gasteiger partial charge < -0.3 is 10.6 Å². The minimum absolute atomic E-state index is 0.259. The monoisotopic (exact) mass is 384 g/mol. The fraction of sp³-hybridized carbons (Fsp3) is 0.333. The van der Waals surface area contributed by atoms with Crippen LogP contribution in [0.2, 0.25) is 0 Å². The number of benzene rings is 1. The summed E-state index contributed by atoms with van der Waals surface area (Å²) in [5.41, 5.74) is 1.89. The SMILES string of the molecule is CN=C(NCc1cc(F)cc(Br)c1)NCc1sc(C)nc1C. The average molecular weight is 385 g/mol. The molecule has 0 saturated heterocycles. The molecule has 0 aliphatic rings. The van der Waals surface area contributed by atoms with E-state index in [1.165, 1.54) is 17.0 Å². The summed E-state index contributed by atoms with van der Waals surface area (Å²) < 4.78 is 14.1. The highest BCUT2D eigenvalue weighted by Crippen LogP contribution is 2.17. The third-order valence-corrected chi connectivity index (χ3v) is 4.55. The second kappa shape index (κ2) is 7.69. The molecule has 2 N–H and O–H groups in total. The Balaban J connectivity index is 1.91. The van der Waals surface area contributed by atoms with Gasteiger partial charge in [0.15, 0.2) is 5.96 Å². The summed E-state index contributed by atoms with van der Waals surface area (Å²) in [5, 5.41) is 7.47. The summed E-state index contributed by atoms with van der Waals surface area (Å²) in [6.45, 7) is 5.16. The number of aliphatic imine (C=N–C) groups is 1. The van der Waals surface area contributed by atoms with Gasteiger partial charge in [0.2, 0.25) is 0 Å². The topological polar surface area (TPSA) is 49.3 Å². The molecule has 0 spiro atoms. The van der Waals surface area contributed by atoms with Gasteiger partial charge in [0.25, 0.3) is 0 Å². The molecular weight excluding hydrogens is 367 g/mol. The molecule has 0 aliphatic heterocycles. The van der Waals surface area contributed by atoms with Gasteiger partial charge in [-0.1, -0.05) is 15.9 Å². The van der Waals surface area contributed by atoms with Gasteiger partial charge >= 0.3 is 0 Å². The molecule has 2 rings (SSSR count). The minimum Gasteiger partial charge on any atom is -0.352 e. The molecule has 0 unspecified atom stereocenters. The van der Waals surface area contributed by atoms with E-state index < -0.39 is 0 Å². The largest absolute Gasteiger partial charge is 0.352 e. The first-order valence-electron chi connectivity index (χ1n) is 6.80. The molecule has 0 saturated carbocycles. The Morgan fingerprint density at radius 2 is 2.00 bits per heavy atom. The van der Waals surface area contributed by atoms with Gasteiger partial charge in [0.1, 0.15) is 5.82 Å². The quantitative estimate of drug-likeness (QED) is 0.626. The Hall–Kier alpha value is -1.47. The van der Waals surface area contributed by atoms with Gasteiger partial charge in [0.05, 0.1) is 17.2 Å². The van der Waals surface area contributed by atoms with Crippen LogP contribution in [0.5, 0.6) is 0 Å². The lowest BCUT2D eigenvalue weighted by atomic mass is 10.2. The molecule has 0 atom stereocenters. The Morgan fingerprint density at radius 3 is 2.59 bits per heavy atom. The Bertz CT molecular complexity index is 664. The van der Waals surface area contributed by atoms with Crippen molar-refractivity contribution in [3.63, 3.8) is 0 Å². The van der Waals surface area contributed by atoms with Crippen LogP contribution in [0.4, 0.5) is 4.39 Å². The van der Waals surface area contributed by atoms with E-state index in [4.69, 9.17) is 0 Å². The van der Waals surface area contributed by atoms with E-state index in [2.05, 4.69) is 36.5 Å². The molecule has 1 aromatic carbocycles. The number of aromatic nitrogens is 1. The van der Waals surface area contributed by atoms with Crippen molar-refractivity contribution in [2.75, 3.05) is 7.05 Å². The zero-order chi connectivity index (χ0) is 16.1. The summed E-state index contributed by atoms with van der Waals surface area (Å²) in [6.07, 6.45) is 0. The van der Waals surface area contributed by atoms with Crippen molar-refractivity contribution < 1.29 is 4.39 Å². The van der Waals surface area contributed by atoms with E-state index in [0.717, 1.165) is 20.7 Å². The molecule has 1 aromatic heterocycles. The molecule has 2 aromatic rings. The van der Waals surface area contributed by atoms with E-state index in [1.807, 2.05) is 19.9 Å². The van der Waals surface area contributed by atoms with Crippen LogP contribution in [0.25, 0.3) is 0 Å². The van der Waals surface area contributed by atoms with Gasteiger partial charge in [0, 0.05) is 22.9 Å². The minimum atomic E-state index is -0.259. The van der Waals surface area contributed by atoms with E-state index in [0.29, 0.717) is 19.0 Å². The van der Waals surface area contributed by atoms with Crippen LogP contribution in [0.1, 0.15) is 21.1 Å². The predicted molar refractivity (Wildman–Crippen MR) is 92.7 cm³/mol. The number of nitrogens with one attached hydrogen (secondary N) is 2. The van der Waals surface area contributed by atoms with Gasteiger partial charge in [-0.3, -0.25) is 4.99 Å². The highest BCUT2D eigenvalue weighted by molar-refractivity contribution is 9.10. The summed E-state index contributed by atoms with van der Waals surface area (Å²) in [4.78, 5) is 9.76. The zero-order valence-corrected chi connectivity index (χ0v) is 15.1. The molecule has 118 valence electrons. The molecule has 0 amide bonds. The van der Waals surface area contributed by atoms with Crippen LogP contribution in [0.15, 0.2) is 27.7 Å². The molecule has 1 heterocycles. The van der Waals surface area contributed by atoms with E-state index in [9.17, 15) is 4.39 Å². The maximum absolute atomic E-state index is 13.3.